The Morgan fingerprint density at radius 3 is 2.11 bits per heavy atom. The summed E-state index contributed by atoms with van der Waals surface area (Å²) in [5.74, 6) is 0.234. The van der Waals surface area contributed by atoms with Crippen molar-refractivity contribution in [3.05, 3.63) is 123 Å². The molecule has 0 aliphatic heterocycles. The van der Waals surface area contributed by atoms with Crippen molar-refractivity contribution in [1.82, 2.24) is 19.8 Å². The SMILES string of the molecule is O=C(Cn1c(=O)n(-c2ccccc2)c(=O)c2ccc(C(=O)NCc3ccco3)cc21)NCc1ccco1. The highest BCUT2D eigenvalue weighted by atomic mass is 16.3. The first kappa shape index (κ1) is 23.6. The van der Waals surface area contributed by atoms with Gasteiger partial charge in [-0.2, -0.15) is 0 Å². The monoisotopic (exact) mass is 498 g/mol. The Balaban J connectivity index is 1.55. The van der Waals surface area contributed by atoms with Crippen LogP contribution < -0.4 is 21.9 Å². The molecule has 0 aliphatic rings. The normalized spacial score (nSPS) is 10.9. The number of benzene rings is 2. The highest BCUT2D eigenvalue weighted by molar-refractivity contribution is 5.98. The second-order valence-electron chi connectivity index (χ2n) is 8.19. The molecule has 0 fully saturated rings. The Hall–Kier alpha value is -5.12. The largest absolute Gasteiger partial charge is 0.467 e. The van der Waals surface area contributed by atoms with Crippen molar-refractivity contribution in [1.29, 1.82) is 0 Å². The van der Waals surface area contributed by atoms with E-state index in [1.54, 1.807) is 54.6 Å². The second kappa shape index (κ2) is 10.2. The van der Waals surface area contributed by atoms with Gasteiger partial charge in [-0.05, 0) is 54.6 Å². The van der Waals surface area contributed by atoms with Crippen LogP contribution in [0.2, 0.25) is 0 Å². The van der Waals surface area contributed by atoms with Gasteiger partial charge >= 0.3 is 5.69 Å². The number of nitrogens with one attached hydrogen (secondary N) is 2. The van der Waals surface area contributed by atoms with Crippen molar-refractivity contribution in [2.75, 3.05) is 0 Å². The third kappa shape index (κ3) is 4.98. The maximum absolute atomic E-state index is 13.5. The molecule has 0 spiro atoms. The first-order valence-corrected chi connectivity index (χ1v) is 11.5. The average Bonchev–Trinajstić information content (AvgIpc) is 3.63. The van der Waals surface area contributed by atoms with Gasteiger partial charge in [-0.3, -0.25) is 19.0 Å². The second-order valence-corrected chi connectivity index (χ2v) is 8.19. The van der Waals surface area contributed by atoms with Crippen LogP contribution in [-0.2, 0) is 24.4 Å². The molecule has 0 unspecified atom stereocenters. The van der Waals surface area contributed by atoms with Gasteiger partial charge in [-0.25, -0.2) is 9.36 Å². The molecular weight excluding hydrogens is 476 g/mol. The van der Waals surface area contributed by atoms with Crippen LogP contribution >= 0.6 is 0 Å². The fraction of sp³-hybridized carbons (Fsp3) is 0.111. The number of amides is 2. The summed E-state index contributed by atoms with van der Waals surface area (Å²) < 4.78 is 12.7. The lowest BCUT2D eigenvalue weighted by atomic mass is 10.1. The van der Waals surface area contributed by atoms with E-state index in [0.29, 0.717) is 17.2 Å². The number of carbonyl (C=O) groups excluding carboxylic acids is 2. The van der Waals surface area contributed by atoms with Gasteiger partial charge in [0.15, 0.2) is 0 Å². The molecule has 0 saturated carbocycles. The smallest absolute Gasteiger partial charge is 0.336 e. The van der Waals surface area contributed by atoms with Gasteiger partial charge in [0.1, 0.15) is 18.1 Å². The lowest BCUT2D eigenvalue weighted by Crippen LogP contribution is -2.41. The molecular formula is C27H22N4O6. The zero-order valence-corrected chi connectivity index (χ0v) is 19.5. The zero-order chi connectivity index (χ0) is 25.8. The van der Waals surface area contributed by atoms with E-state index in [1.165, 1.54) is 35.3 Å². The van der Waals surface area contributed by atoms with Crippen LogP contribution in [0.3, 0.4) is 0 Å². The summed E-state index contributed by atoms with van der Waals surface area (Å²) in [6.07, 6.45) is 3.00. The van der Waals surface area contributed by atoms with Crippen molar-refractivity contribution in [2.24, 2.45) is 0 Å². The molecule has 0 aliphatic carbocycles. The summed E-state index contributed by atoms with van der Waals surface area (Å²) in [4.78, 5) is 52.5. The van der Waals surface area contributed by atoms with Gasteiger partial charge in [0.05, 0.1) is 42.2 Å². The van der Waals surface area contributed by atoms with E-state index in [1.807, 2.05) is 0 Å². The summed E-state index contributed by atoms with van der Waals surface area (Å²) in [5, 5.41) is 5.62. The summed E-state index contributed by atoms with van der Waals surface area (Å²) in [6.45, 7) is -0.0701. The molecule has 3 aromatic heterocycles. The number of furan rings is 2. The van der Waals surface area contributed by atoms with Crippen molar-refractivity contribution < 1.29 is 18.4 Å². The fourth-order valence-electron chi connectivity index (χ4n) is 3.95. The van der Waals surface area contributed by atoms with Crippen LogP contribution in [0.1, 0.15) is 21.9 Å². The van der Waals surface area contributed by atoms with Crippen LogP contribution in [0.25, 0.3) is 16.6 Å². The molecule has 3 heterocycles. The number of fused-ring (bicyclic) bond motifs is 1. The summed E-state index contributed by atoms with van der Waals surface area (Å²) in [7, 11) is 0. The lowest BCUT2D eigenvalue weighted by molar-refractivity contribution is -0.121. The third-order valence-corrected chi connectivity index (χ3v) is 5.77. The molecule has 186 valence electrons. The molecule has 2 amide bonds. The molecule has 5 aromatic rings. The number of rotatable bonds is 8. The van der Waals surface area contributed by atoms with Crippen molar-refractivity contribution >= 4 is 22.7 Å². The Morgan fingerprint density at radius 1 is 0.784 bits per heavy atom. The highest BCUT2D eigenvalue weighted by Crippen LogP contribution is 2.14. The Morgan fingerprint density at radius 2 is 1.46 bits per heavy atom. The van der Waals surface area contributed by atoms with E-state index in [0.717, 1.165) is 4.57 Å². The molecule has 2 N–H and O–H groups in total. The lowest BCUT2D eigenvalue weighted by Gasteiger charge is -2.15. The van der Waals surface area contributed by atoms with Crippen LogP contribution in [0, 0.1) is 0 Å². The minimum Gasteiger partial charge on any atom is -0.467 e. The highest BCUT2D eigenvalue weighted by Gasteiger charge is 2.18. The van der Waals surface area contributed by atoms with Gasteiger partial charge in [-0.15, -0.1) is 0 Å². The topological polar surface area (TPSA) is 128 Å². The molecule has 0 bridgehead atoms. The summed E-state index contributed by atoms with van der Waals surface area (Å²) in [6, 6.07) is 19.7. The van der Waals surface area contributed by atoms with E-state index >= 15 is 0 Å². The zero-order valence-electron chi connectivity index (χ0n) is 19.5. The maximum Gasteiger partial charge on any atom is 0.336 e. The van der Waals surface area contributed by atoms with Crippen molar-refractivity contribution in [2.45, 2.75) is 19.6 Å². The molecule has 10 nitrogen and oxygen atoms in total. The van der Waals surface area contributed by atoms with Crippen LogP contribution in [0.4, 0.5) is 0 Å². The Labute approximate surface area is 209 Å². The van der Waals surface area contributed by atoms with E-state index in [-0.39, 0.29) is 36.1 Å². The molecule has 0 saturated heterocycles. The number of hydrogen-bond donors (Lipinski definition) is 2. The van der Waals surface area contributed by atoms with Crippen molar-refractivity contribution in [3.8, 4) is 5.69 Å². The number of aromatic nitrogens is 2. The summed E-state index contributed by atoms with van der Waals surface area (Å²) in [5.41, 5.74) is -0.503. The van der Waals surface area contributed by atoms with Crippen LogP contribution in [0.15, 0.2) is 104 Å². The van der Waals surface area contributed by atoms with E-state index in [4.69, 9.17) is 8.83 Å². The Bertz CT molecular complexity index is 1670. The molecule has 0 radical (unpaired) electrons. The standard InChI is InChI=1S/C27H22N4O6/c32-24(28-15-20-8-4-12-36-20)17-30-23-14-18(25(33)29-16-21-9-5-13-37-21)10-11-22(23)26(34)31(27(30)35)19-6-2-1-3-7-19/h1-14H,15-17H2,(H,28,32)(H,29,33). The predicted molar refractivity (Wildman–Crippen MR) is 134 cm³/mol. The van der Waals surface area contributed by atoms with Gasteiger partial charge in [-0.1, -0.05) is 18.2 Å². The molecule has 2 aromatic carbocycles. The minimum atomic E-state index is -0.704. The third-order valence-electron chi connectivity index (χ3n) is 5.77. The van der Waals surface area contributed by atoms with Crippen LogP contribution in [-0.4, -0.2) is 20.9 Å². The van der Waals surface area contributed by atoms with E-state index in [2.05, 4.69) is 10.6 Å². The number of para-hydroxylation sites is 1. The van der Waals surface area contributed by atoms with Gasteiger partial charge < -0.3 is 19.5 Å². The molecule has 10 heteroatoms. The van der Waals surface area contributed by atoms with Crippen LogP contribution in [0.5, 0.6) is 0 Å². The number of carbonyl (C=O) groups is 2. The van der Waals surface area contributed by atoms with Gasteiger partial charge in [0, 0.05) is 5.56 Å². The van der Waals surface area contributed by atoms with Crippen molar-refractivity contribution in [3.63, 3.8) is 0 Å². The Kier molecular flexibility index (Phi) is 6.54. The molecule has 5 rings (SSSR count). The van der Waals surface area contributed by atoms with E-state index in [9.17, 15) is 19.2 Å². The maximum atomic E-state index is 13.5. The quantitative estimate of drug-likeness (QED) is 0.338. The fourth-order valence-corrected chi connectivity index (χ4v) is 3.95. The number of hydrogen-bond acceptors (Lipinski definition) is 6. The first-order chi connectivity index (χ1) is 18.0. The molecule has 37 heavy (non-hydrogen) atoms. The van der Waals surface area contributed by atoms with Gasteiger partial charge in [0.25, 0.3) is 11.5 Å². The first-order valence-electron chi connectivity index (χ1n) is 11.5. The predicted octanol–water partition coefficient (Wildman–Crippen LogP) is 2.58. The minimum absolute atomic E-state index is 0.136. The summed E-state index contributed by atoms with van der Waals surface area (Å²) >= 11 is 0. The van der Waals surface area contributed by atoms with E-state index < -0.39 is 23.1 Å². The average molecular weight is 498 g/mol. The number of nitrogens with zero attached hydrogens (tertiary/aromatic N) is 2. The molecule has 0 atom stereocenters. The van der Waals surface area contributed by atoms with Gasteiger partial charge in [0.2, 0.25) is 5.91 Å².